The van der Waals surface area contributed by atoms with E-state index in [4.69, 9.17) is 11.6 Å². The number of halogens is 1. The van der Waals surface area contributed by atoms with Crippen molar-refractivity contribution < 1.29 is 0 Å². The van der Waals surface area contributed by atoms with Crippen molar-refractivity contribution in [2.45, 2.75) is 19.9 Å². The molecular weight excluding hydrogens is 246 g/mol. The summed E-state index contributed by atoms with van der Waals surface area (Å²) in [5.74, 6) is 2.07. The van der Waals surface area contributed by atoms with Crippen molar-refractivity contribution in [2.24, 2.45) is 0 Å². The van der Waals surface area contributed by atoms with Crippen molar-refractivity contribution in [2.75, 3.05) is 11.2 Å². The summed E-state index contributed by atoms with van der Waals surface area (Å²) in [4.78, 5) is 8.62. The summed E-state index contributed by atoms with van der Waals surface area (Å²) in [6.07, 6.45) is 0. The van der Waals surface area contributed by atoms with Gasteiger partial charge in [0.15, 0.2) is 0 Å². The number of nitrogens with zero attached hydrogens (tertiary/aromatic N) is 2. The second-order valence-corrected chi connectivity index (χ2v) is 4.51. The third-order valence-corrected chi connectivity index (χ3v) is 2.95. The van der Waals surface area contributed by atoms with Gasteiger partial charge in [0.1, 0.15) is 11.6 Å². The summed E-state index contributed by atoms with van der Waals surface area (Å²) >= 11 is 6.03. The zero-order valence-electron chi connectivity index (χ0n) is 10.5. The van der Waals surface area contributed by atoms with E-state index in [1.807, 2.05) is 38.1 Å². The molecule has 0 saturated heterocycles. The second kappa shape index (κ2) is 5.83. The predicted octanol–water partition coefficient (Wildman–Crippen LogP) is 3.49. The topological polar surface area (TPSA) is 37.8 Å². The molecule has 4 heteroatoms. The van der Waals surface area contributed by atoms with Gasteiger partial charge in [-0.05, 0) is 19.4 Å². The van der Waals surface area contributed by atoms with Gasteiger partial charge in [-0.2, -0.15) is 0 Å². The molecule has 0 radical (unpaired) electrons. The number of alkyl halides is 1. The van der Waals surface area contributed by atoms with E-state index < -0.39 is 0 Å². The SMILES string of the molecule is Cc1cc(NC(CCl)c2ccccc2)nc(C)n1. The van der Waals surface area contributed by atoms with Crippen LogP contribution in [-0.2, 0) is 0 Å². The molecule has 0 saturated carbocycles. The molecule has 0 spiro atoms. The Bertz CT molecular complexity index is 493. The molecule has 18 heavy (non-hydrogen) atoms. The lowest BCUT2D eigenvalue weighted by Crippen LogP contribution is -2.14. The quantitative estimate of drug-likeness (QED) is 0.857. The van der Waals surface area contributed by atoms with Gasteiger partial charge in [0.2, 0.25) is 0 Å². The van der Waals surface area contributed by atoms with Crippen LogP contribution in [0.4, 0.5) is 5.82 Å². The average Bonchev–Trinajstić information content (AvgIpc) is 2.36. The van der Waals surface area contributed by atoms with E-state index in [-0.39, 0.29) is 6.04 Å². The molecule has 94 valence electrons. The number of aryl methyl sites for hydroxylation is 2. The molecule has 0 aliphatic heterocycles. The Labute approximate surface area is 112 Å². The first kappa shape index (κ1) is 12.8. The fourth-order valence-electron chi connectivity index (χ4n) is 1.87. The van der Waals surface area contributed by atoms with Crippen LogP contribution in [0.3, 0.4) is 0 Å². The van der Waals surface area contributed by atoms with E-state index in [1.165, 1.54) is 0 Å². The van der Waals surface area contributed by atoms with Gasteiger partial charge in [-0.15, -0.1) is 11.6 Å². The maximum absolute atomic E-state index is 6.03. The van der Waals surface area contributed by atoms with Crippen molar-refractivity contribution in [1.82, 2.24) is 9.97 Å². The number of aromatic nitrogens is 2. The van der Waals surface area contributed by atoms with E-state index >= 15 is 0 Å². The number of hydrogen-bond acceptors (Lipinski definition) is 3. The van der Waals surface area contributed by atoms with Gasteiger partial charge in [0.05, 0.1) is 6.04 Å². The average molecular weight is 262 g/mol. The number of benzene rings is 1. The Morgan fingerprint density at radius 3 is 2.50 bits per heavy atom. The van der Waals surface area contributed by atoms with Crippen LogP contribution in [0.15, 0.2) is 36.4 Å². The minimum absolute atomic E-state index is 0.0570. The van der Waals surface area contributed by atoms with E-state index in [0.29, 0.717) is 5.88 Å². The monoisotopic (exact) mass is 261 g/mol. The van der Waals surface area contributed by atoms with Gasteiger partial charge in [0, 0.05) is 17.6 Å². The number of hydrogen-bond donors (Lipinski definition) is 1. The van der Waals surface area contributed by atoms with Crippen LogP contribution in [0.2, 0.25) is 0 Å². The first-order valence-electron chi connectivity index (χ1n) is 5.89. The Morgan fingerprint density at radius 2 is 1.89 bits per heavy atom. The second-order valence-electron chi connectivity index (χ2n) is 4.20. The molecule has 3 nitrogen and oxygen atoms in total. The fraction of sp³-hybridized carbons (Fsp3) is 0.286. The summed E-state index contributed by atoms with van der Waals surface area (Å²) in [5, 5.41) is 3.34. The highest BCUT2D eigenvalue weighted by Crippen LogP contribution is 2.19. The minimum atomic E-state index is 0.0570. The molecule has 1 aromatic carbocycles. The third kappa shape index (κ3) is 3.20. The van der Waals surface area contributed by atoms with Gasteiger partial charge in [0.25, 0.3) is 0 Å². The van der Waals surface area contributed by atoms with Gasteiger partial charge in [-0.25, -0.2) is 9.97 Å². The van der Waals surface area contributed by atoms with Crippen molar-refractivity contribution in [3.8, 4) is 0 Å². The third-order valence-electron chi connectivity index (χ3n) is 2.64. The lowest BCUT2D eigenvalue weighted by Gasteiger charge is -2.17. The van der Waals surface area contributed by atoms with E-state index in [1.54, 1.807) is 0 Å². The maximum atomic E-state index is 6.03. The Kier molecular flexibility index (Phi) is 4.15. The number of nitrogens with one attached hydrogen (secondary N) is 1. The van der Waals surface area contributed by atoms with Gasteiger partial charge >= 0.3 is 0 Å². The molecule has 2 rings (SSSR count). The fourth-order valence-corrected chi connectivity index (χ4v) is 2.12. The van der Waals surface area contributed by atoms with Crippen LogP contribution in [0.25, 0.3) is 0 Å². The Morgan fingerprint density at radius 1 is 1.17 bits per heavy atom. The molecule has 0 fully saturated rings. The van der Waals surface area contributed by atoms with E-state index in [9.17, 15) is 0 Å². The smallest absolute Gasteiger partial charge is 0.130 e. The van der Waals surface area contributed by atoms with Crippen LogP contribution >= 0.6 is 11.6 Å². The van der Waals surface area contributed by atoms with Crippen LogP contribution in [0.5, 0.6) is 0 Å². The van der Waals surface area contributed by atoms with Crippen LogP contribution in [-0.4, -0.2) is 15.8 Å². The number of anilines is 1. The van der Waals surface area contributed by atoms with Gasteiger partial charge in [-0.3, -0.25) is 0 Å². The Balaban J connectivity index is 2.20. The lowest BCUT2D eigenvalue weighted by molar-refractivity contribution is 0.871. The van der Waals surface area contributed by atoms with E-state index in [0.717, 1.165) is 22.9 Å². The standard InChI is InChI=1S/C14H16ClN3/c1-10-8-14(17-11(2)16-10)18-13(9-15)12-6-4-3-5-7-12/h3-8,13H,9H2,1-2H3,(H,16,17,18). The minimum Gasteiger partial charge on any atom is -0.362 e. The number of rotatable bonds is 4. The maximum Gasteiger partial charge on any atom is 0.130 e. The molecule has 0 bridgehead atoms. The molecular formula is C14H16ClN3. The van der Waals surface area contributed by atoms with Crippen LogP contribution in [0.1, 0.15) is 23.1 Å². The lowest BCUT2D eigenvalue weighted by atomic mass is 10.1. The van der Waals surface area contributed by atoms with Crippen molar-refractivity contribution in [3.63, 3.8) is 0 Å². The summed E-state index contributed by atoms with van der Waals surface area (Å²) in [5.41, 5.74) is 2.10. The molecule has 1 unspecified atom stereocenters. The van der Waals surface area contributed by atoms with Crippen molar-refractivity contribution in [1.29, 1.82) is 0 Å². The molecule has 2 aromatic rings. The highest BCUT2D eigenvalue weighted by Gasteiger charge is 2.10. The molecule has 1 aromatic heterocycles. The zero-order valence-corrected chi connectivity index (χ0v) is 11.3. The van der Waals surface area contributed by atoms with Crippen LogP contribution < -0.4 is 5.32 Å². The molecule has 1 N–H and O–H groups in total. The highest BCUT2D eigenvalue weighted by atomic mass is 35.5. The van der Waals surface area contributed by atoms with Crippen LogP contribution in [0, 0.1) is 13.8 Å². The van der Waals surface area contributed by atoms with Crippen molar-refractivity contribution >= 4 is 17.4 Å². The first-order chi connectivity index (χ1) is 8.69. The zero-order chi connectivity index (χ0) is 13.0. The largest absolute Gasteiger partial charge is 0.362 e. The molecule has 0 aliphatic carbocycles. The van der Waals surface area contributed by atoms with Crippen molar-refractivity contribution in [3.05, 3.63) is 53.5 Å². The van der Waals surface area contributed by atoms with Gasteiger partial charge in [-0.1, -0.05) is 30.3 Å². The highest BCUT2D eigenvalue weighted by molar-refractivity contribution is 6.18. The molecule has 1 atom stereocenters. The molecule has 0 aliphatic rings. The predicted molar refractivity (Wildman–Crippen MR) is 75.0 cm³/mol. The first-order valence-corrected chi connectivity index (χ1v) is 6.42. The molecule has 1 heterocycles. The molecule has 0 amide bonds. The summed E-state index contributed by atoms with van der Waals surface area (Å²) < 4.78 is 0. The summed E-state index contributed by atoms with van der Waals surface area (Å²) in [6, 6.07) is 12.1. The normalized spacial score (nSPS) is 12.2. The Hall–Kier alpha value is -1.61. The van der Waals surface area contributed by atoms with E-state index in [2.05, 4.69) is 27.4 Å². The summed E-state index contributed by atoms with van der Waals surface area (Å²) in [6.45, 7) is 3.84. The summed E-state index contributed by atoms with van der Waals surface area (Å²) in [7, 11) is 0. The van der Waals surface area contributed by atoms with Gasteiger partial charge < -0.3 is 5.32 Å².